The van der Waals surface area contributed by atoms with Gasteiger partial charge in [-0.05, 0) is 25.8 Å². The smallest absolute Gasteiger partial charge is 0.224 e. The van der Waals surface area contributed by atoms with Crippen LogP contribution >= 0.6 is 11.6 Å². The highest BCUT2D eigenvalue weighted by atomic mass is 35.5. The van der Waals surface area contributed by atoms with Crippen molar-refractivity contribution in [3.05, 3.63) is 28.8 Å². The fraction of sp³-hybridized carbons (Fsp3) is 0.417. The first-order valence-electron chi connectivity index (χ1n) is 5.60. The molecule has 0 aromatic heterocycles. The Hall–Kier alpha value is -1.20. The van der Waals surface area contributed by atoms with E-state index in [0.29, 0.717) is 18.9 Å². The van der Waals surface area contributed by atoms with Crippen LogP contribution in [0.3, 0.4) is 0 Å². The zero-order chi connectivity index (χ0) is 13.7. The van der Waals surface area contributed by atoms with Crippen LogP contribution in [0.1, 0.15) is 26.2 Å². The highest BCUT2D eigenvalue weighted by molar-refractivity contribution is 6.33. The van der Waals surface area contributed by atoms with E-state index >= 15 is 0 Å². The molecule has 0 fully saturated rings. The lowest BCUT2D eigenvalue weighted by molar-refractivity contribution is -0.116. The zero-order valence-corrected chi connectivity index (χ0v) is 10.7. The minimum Gasteiger partial charge on any atom is -0.328 e. The van der Waals surface area contributed by atoms with Gasteiger partial charge in [-0.1, -0.05) is 11.6 Å². The van der Waals surface area contributed by atoms with Crippen molar-refractivity contribution in [1.82, 2.24) is 0 Å². The molecule has 1 amide bonds. The van der Waals surface area contributed by atoms with Gasteiger partial charge in [0.15, 0.2) is 5.82 Å². The van der Waals surface area contributed by atoms with Crippen molar-refractivity contribution in [2.45, 2.75) is 32.2 Å². The second-order valence-corrected chi connectivity index (χ2v) is 4.57. The third-order valence-electron chi connectivity index (χ3n) is 2.33. The molecule has 0 radical (unpaired) electrons. The summed E-state index contributed by atoms with van der Waals surface area (Å²) in [7, 11) is 0. The summed E-state index contributed by atoms with van der Waals surface area (Å²) in [6.45, 7) is 1.84. The average Bonchev–Trinajstić information content (AvgIpc) is 2.22. The number of rotatable bonds is 5. The molecule has 0 aliphatic rings. The second kappa shape index (κ2) is 6.66. The van der Waals surface area contributed by atoms with Crippen molar-refractivity contribution in [2.75, 3.05) is 5.32 Å². The maximum Gasteiger partial charge on any atom is 0.224 e. The van der Waals surface area contributed by atoms with E-state index in [1.54, 1.807) is 0 Å². The van der Waals surface area contributed by atoms with Crippen molar-refractivity contribution in [1.29, 1.82) is 0 Å². The number of nitrogens with two attached hydrogens (primary N) is 1. The molecule has 1 aromatic carbocycles. The SMILES string of the molecule is CC(N)CCCC(=O)Nc1c(F)cc(F)cc1Cl. The predicted molar refractivity (Wildman–Crippen MR) is 67.5 cm³/mol. The summed E-state index contributed by atoms with van der Waals surface area (Å²) in [6.07, 6.45) is 1.52. The van der Waals surface area contributed by atoms with Crippen LogP contribution in [0.4, 0.5) is 14.5 Å². The lowest BCUT2D eigenvalue weighted by Gasteiger charge is -2.09. The number of hydrogen-bond acceptors (Lipinski definition) is 2. The van der Waals surface area contributed by atoms with Gasteiger partial charge in [0, 0.05) is 18.5 Å². The summed E-state index contributed by atoms with van der Waals surface area (Å²) < 4.78 is 26.1. The topological polar surface area (TPSA) is 55.1 Å². The van der Waals surface area contributed by atoms with Crippen LogP contribution in [0.15, 0.2) is 12.1 Å². The number of halogens is 3. The summed E-state index contributed by atoms with van der Waals surface area (Å²) in [5, 5.41) is 2.17. The first-order chi connectivity index (χ1) is 8.40. The van der Waals surface area contributed by atoms with Crippen molar-refractivity contribution in [3.8, 4) is 0 Å². The molecule has 1 aromatic rings. The van der Waals surface area contributed by atoms with Crippen molar-refractivity contribution < 1.29 is 13.6 Å². The molecule has 0 aliphatic carbocycles. The maximum absolute atomic E-state index is 13.4. The molecule has 100 valence electrons. The van der Waals surface area contributed by atoms with Gasteiger partial charge in [0.1, 0.15) is 5.82 Å². The summed E-state index contributed by atoms with van der Waals surface area (Å²) in [5.74, 6) is -2.05. The van der Waals surface area contributed by atoms with Gasteiger partial charge in [0.05, 0.1) is 10.7 Å². The Kier molecular flexibility index (Phi) is 5.50. The Morgan fingerprint density at radius 3 is 2.72 bits per heavy atom. The molecule has 0 heterocycles. The lowest BCUT2D eigenvalue weighted by Crippen LogP contribution is -2.17. The van der Waals surface area contributed by atoms with E-state index in [1.165, 1.54) is 0 Å². The quantitative estimate of drug-likeness (QED) is 0.868. The fourth-order valence-corrected chi connectivity index (χ4v) is 1.69. The predicted octanol–water partition coefficient (Wildman–Crippen LogP) is 3.07. The van der Waals surface area contributed by atoms with Crippen molar-refractivity contribution in [3.63, 3.8) is 0 Å². The van der Waals surface area contributed by atoms with Gasteiger partial charge < -0.3 is 11.1 Å². The maximum atomic E-state index is 13.4. The molecule has 0 bridgehead atoms. The van der Waals surface area contributed by atoms with Crippen LogP contribution in [0, 0.1) is 11.6 Å². The first kappa shape index (κ1) is 14.9. The monoisotopic (exact) mass is 276 g/mol. The highest BCUT2D eigenvalue weighted by Gasteiger charge is 2.12. The number of amides is 1. The normalized spacial score (nSPS) is 12.3. The van der Waals surface area contributed by atoms with Gasteiger partial charge in [-0.25, -0.2) is 8.78 Å². The number of hydrogen-bond donors (Lipinski definition) is 2. The Bertz CT molecular complexity index is 415. The van der Waals surface area contributed by atoms with E-state index in [0.717, 1.165) is 6.07 Å². The van der Waals surface area contributed by atoms with Crippen LogP contribution < -0.4 is 11.1 Å². The minimum atomic E-state index is -0.888. The van der Waals surface area contributed by atoms with Crippen molar-refractivity contribution >= 4 is 23.2 Å². The third kappa shape index (κ3) is 4.58. The van der Waals surface area contributed by atoms with Crippen LogP contribution in [0.2, 0.25) is 5.02 Å². The van der Waals surface area contributed by atoms with Crippen molar-refractivity contribution in [2.24, 2.45) is 5.73 Å². The molecule has 1 unspecified atom stereocenters. The number of carbonyl (C=O) groups is 1. The van der Waals surface area contributed by atoms with E-state index in [4.69, 9.17) is 17.3 Å². The summed E-state index contributed by atoms with van der Waals surface area (Å²) in [5.41, 5.74) is 5.35. The Balaban J connectivity index is 2.59. The fourth-order valence-electron chi connectivity index (χ4n) is 1.45. The number of benzene rings is 1. The molecule has 0 spiro atoms. The lowest BCUT2D eigenvalue weighted by atomic mass is 10.1. The van der Waals surface area contributed by atoms with Crippen LogP contribution in [0.5, 0.6) is 0 Å². The first-order valence-corrected chi connectivity index (χ1v) is 5.98. The zero-order valence-electron chi connectivity index (χ0n) is 9.97. The Morgan fingerprint density at radius 2 is 2.17 bits per heavy atom. The molecule has 6 heteroatoms. The molecule has 1 rings (SSSR count). The number of carbonyl (C=O) groups excluding carboxylic acids is 1. The molecular formula is C12H15ClF2N2O. The molecule has 0 saturated heterocycles. The molecule has 0 aliphatic heterocycles. The molecule has 3 N–H and O–H groups in total. The third-order valence-corrected chi connectivity index (χ3v) is 2.63. The van der Waals surface area contributed by atoms with Crippen LogP contribution in [-0.4, -0.2) is 11.9 Å². The van der Waals surface area contributed by atoms with E-state index < -0.39 is 11.6 Å². The van der Waals surface area contributed by atoms with E-state index in [2.05, 4.69) is 5.32 Å². The van der Waals surface area contributed by atoms with Gasteiger partial charge in [-0.15, -0.1) is 0 Å². The number of anilines is 1. The average molecular weight is 277 g/mol. The van der Waals surface area contributed by atoms with Gasteiger partial charge in [-0.3, -0.25) is 4.79 Å². The van der Waals surface area contributed by atoms with Gasteiger partial charge >= 0.3 is 0 Å². The molecule has 3 nitrogen and oxygen atoms in total. The highest BCUT2D eigenvalue weighted by Crippen LogP contribution is 2.26. The molecule has 0 saturated carbocycles. The minimum absolute atomic E-state index is 0.0175. The second-order valence-electron chi connectivity index (χ2n) is 4.16. The van der Waals surface area contributed by atoms with Crippen LogP contribution in [-0.2, 0) is 4.79 Å². The van der Waals surface area contributed by atoms with Gasteiger partial charge in [0.25, 0.3) is 0 Å². The van der Waals surface area contributed by atoms with Gasteiger partial charge in [0.2, 0.25) is 5.91 Å². The van der Waals surface area contributed by atoms with Gasteiger partial charge in [-0.2, -0.15) is 0 Å². The Morgan fingerprint density at radius 1 is 1.50 bits per heavy atom. The molecular weight excluding hydrogens is 262 g/mol. The Labute approximate surface area is 109 Å². The van der Waals surface area contributed by atoms with E-state index in [9.17, 15) is 13.6 Å². The van der Waals surface area contributed by atoms with E-state index in [-0.39, 0.29) is 29.1 Å². The summed E-state index contributed by atoms with van der Waals surface area (Å²) in [4.78, 5) is 11.5. The molecule has 18 heavy (non-hydrogen) atoms. The summed E-state index contributed by atoms with van der Waals surface area (Å²) in [6, 6.07) is 1.63. The van der Waals surface area contributed by atoms with Crippen LogP contribution in [0.25, 0.3) is 0 Å². The summed E-state index contributed by atoms with van der Waals surface area (Å²) >= 11 is 5.65. The number of nitrogens with one attached hydrogen (secondary N) is 1. The largest absolute Gasteiger partial charge is 0.328 e. The van der Waals surface area contributed by atoms with E-state index in [1.807, 2.05) is 6.92 Å². The standard InChI is InChI=1S/C12H15ClF2N2O/c1-7(16)3-2-4-11(18)17-12-9(13)5-8(14)6-10(12)15/h5-7H,2-4,16H2,1H3,(H,17,18). The molecule has 1 atom stereocenters.